The highest BCUT2D eigenvalue weighted by molar-refractivity contribution is 5.93. The number of aryl methyl sites for hydroxylation is 2. The van der Waals surface area contributed by atoms with Crippen LogP contribution in [0, 0.1) is 0 Å². The third kappa shape index (κ3) is 6.27. The van der Waals surface area contributed by atoms with Crippen LogP contribution in [0.1, 0.15) is 44.5 Å². The van der Waals surface area contributed by atoms with E-state index in [0.717, 1.165) is 41.2 Å². The van der Waals surface area contributed by atoms with Gasteiger partial charge in [0.2, 0.25) is 0 Å². The molecule has 0 unspecified atom stereocenters. The molecule has 0 aromatic heterocycles. The number of fused-ring (bicyclic) bond motifs is 5. The first-order valence-corrected chi connectivity index (χ1v) is 21.3. The van der Waals surface area contributed by atoms with Gasteiger partial charge in [0.1, 0.15) is 0 Å². The van der Waals surface area contributed by atoms with E-state index in [2.05, 4.69) is 252 Å². The van der Waals surface area contributed by atoms with E-state index >= 15 is 0 Å². The van der Waals surface area contributed by atoms with Crippen molar-refractivity contribution in [2.24, 2.45) is 0 Å². The van der Waals surface area contributed by atoms with E-state index in [9.17, 15) is 0 Å². The highest BCUT2D eigenvalue weighted by Gasteiger charge is 2.46. The second-order valence-electron chi connectivity index (χ2n) is 16.0. The van der Waals surface area contributed by atoms with Crippen molar-refractivity contribution in [1.29, 1.82) is 0 Å². The summed E-state index contributed by atoms with van der Waals surface area (Å²) in [7, 11) is 0. The average molecular weight is 781 g/mol. The molecular weight excluding hydrogens is 737 g/mol. The van der Waals surface area contributed by atoms with Crippen LogP contribution >= 0.6 is 0 Å². The molecule has 1 heterocycles. The van der Waals surface area contributed by atoms with Gasteiger partial charge in [-0.05, 0) is 123 Å². The standard InChI is InChI=1S/C59H44N2/c1-6-20-47(21-7-1)59(48-22-8-2-9-23-48)54-31-17-16-30-53(54)58-46(19-18-32-55(58)59)36-34-43-33-35-44-37-38-45-39-40-52(42-57(45)61(56(44)41-43)51-28-14-5-15-29-51)60(49-24-10-3-11-25-49)50-26-12-4-13-27-50/h1-36,39-42H,37-38H2/b36-34+. The van der Waals surface area contributed by atoms with Crippen molar-refractivity contribution in [2.45, 2.75) is 18.3 Å². The molecule has 2 aliphatic rings. The van der Waals surface area contributed by atoms with Gasteiger partial charge in [-0.15, -0.1) is 0 Å². The summed E-state index contributed by atoms with van der Waals surface area (Å²) in [5, 5.41) is 0. The molecule has 11 rings (SSSR count). The molecule has 1 aliphatic carbocycles. The zero-order valence-corrected chi connectivity index (χ0v) is 33.9. The number of hydrogen-bond acceptors (Lipinski definition) is 2. The van der Waals surface area contributed by atoms with Gasteiger partial charge >= 0.3 is 0 Å². The Morgan fingerprint density at radius 2 is 0.934 bits per heavy atom. The lowest BCUT2D eigenvalue weighted by atomic mass is 9.67. The largest absolute Gasteiger partial charge is 0.310 e. The molecular formula is C59H44N2. The van der Waals surface area contributed by atoms with E-state index in [-0.39, 0.29) is 0 Å². The minimum absolute atomic E-state index is 0.429. The predicted octanol–water partition coefficient (Wildman–Crippen LogP) is 15.3. The molecule has 0 spiro atoms. The minimum Gasteiger partial charge on any atom is -0.310 e. The first-order chi connectivity index (χ1) is 30.3. The van der Waals surface area contributed by atoms with Crippen molar-refractivity contribution in [1.82, 2.24) is 0 Å². The lowest BCUT2D eigenvalue weighted by Gasteiger charge is -2.33. The van der Waals surface area contributed by atoms with E-state index in [1.807, 2.05) is 0 Å². The summed E-state index contributed by atoms with van der Waals surface area (Å²) in [4.78, 5) is 4.84. The van der Waals surface area contributed by atoms with Crippen molar-refractivity contribution in [3.8, 4) is 11.1 Å². The van der Waals surface area contributed by atoms with Gasteiger partial charge < -0.3 is 9.80 Å². The fraction of sp³-hybridized carbons (Fsp3) is 0.0508. The Balaban J connectivity index is 1.04. The lowest BCUT2D eigenvalue weighted by molar-refractivity contribution is 0.768. The van der Waals surface area contributed by atoms with Crippen LogP contribution in [0.3, 0.4) is 0 Å². The van der Waals surface area contributed by atoms with Gasteiger partial charge in [0.25, 0.3) is 0 Å². The van der Waals surface area contributed by atoms with Crippen LogP contribution in [-0.2, 0) is 18.3 Å². The number of benzene rings is 9. The maximum Gasteiger partial charge on any atom is 0.0713 e. The summed E-state index contributed by atoms with van der Waals surface area (Å²) >= 11 is 0. The van der Waals surface area contributed by atoms with Gasteiger partial charge in [0.05, 0.1) is 11.1 Å². The smallest absolute Gasteiger partial charge is 0.0713 e. The van der Waals surface area contributed by atoms with E-state index in [1.54, 1.807) is 0 Å². The Hall–Kier alpha value is -7.68. The number of hydrogen-bond donors (Lipinski definition) is 0. The zero-order valence-electron chi connectivity index (χ0n) is 33.9. The van der Waals surface area contributed by atoms with Gasteiger partial charge in [0, 0.05) is 28.4 Å². The quantitative estimate of drug-likeness (QED) is 0.142. The maximum atomic E-state index is 2.48. The van der Waals surface area contributed by atoms with Crippen LogP contribution in [-0.4, -0.2) is 0 Å². The first-order valence-electron chi connectivity index (χ1n) is 21.3. The molecule has 0 saturated carbocycles. The number of para-hydroxylation sites is 3. The summed E-state index contributed by atoms with van der Waals surface area (Å²) in [6.07, 6.45) is 6.55. The summed E-state index contributed by atoms with van der Waals surface area (Å²) in [5.74, 6) is 0. The zero-order chi connectivity index (χ0) is 40.6. The Morgan fingerprint density at radius 3 is 1.57 bits per heavy atom. The molecule has 9 aromatic rings. The molecule has 0 amide bonds. The second-order valence-corrected chi connectivity index (χ2v) is 16.0. The lowest BCUT2D eigenvalue weighted by Crippen LogP contribution is -2.28. The molecule has 2 heteroatoms. The maximum absolute atomic E-state index is 2.48. The molecule has 0 radical (unpaired) electrons. The third-order valence-electron chi connectivity index (χ3n) is 12.6. The highest BCUT2D eigenvalue weighted by atomic mass is 15.2. The van der Waals surface area contributed by atoms with Crippen molar-refractivity contribution in [2.75, 3.05) is 9.80 Å². The van der Waals surface area contributed by atoms with Crippen LogP contribution in [0.15, 0.2) is 231 Å². The van der Waals surface area contributed by atoms with Gasteiger partial charge in [-0.2, -0.15) is 0 Å². The molecule has 0 fully saturated rings. The van der Waals surface area contributed by atoms with E-state index < -0.39 is 5.41 Å². The van der Waals surface area contributed by atoms with Crippen LogP contribution in [0.2, 0.25) is 0 Å². The molecule has 9 aromatic carbocycles. The second kappa shape index (κ2) is 15.5. The Kier molecular flexibility index (Phi) is 9.24. The van der Waals surface area contributed by atoms with Crippen LogP contribution in [0.4, 0.5) is 34.1 Å². The van der Waals surface area contributed by atoms with E-state index in [4.69, 9.17) is 0 Å². The van der Waals surface area contributed by atoms with E-state index in [0.29, 0.717) is 0 Å². The topological polar surface area (TPSA) is 6.48 Å². The number of nitrogens with zero attached hydrogens (tertiary/aromatic N) is 2. The Morgan fingerprint density at radius 1 is 0.410 bits per heavy atom. The molecule has 61 heavy (non-hydrogen) atoms. The molecule has 0 bridgehead atoms. The molecule has 2 nitrogen and oxygen atoms in total. The summed E-state index contributed by atoms with van der Waals surface area (Å²) in [5.41, 5.74) is 19.3. The van der Waals surface area contributed by atoms with Crippen molar-refractivity contribution < 1.29 is 0 Å². The van der Waals surface area contributed by atoms with Crippen molar-refractivity contribution >= 4 is 46.3 Å². The molecule has 0 N–H and O–H groups in total. The summed E-state index contributed by atoms with van der Waals surface area (Å²) in [6.45, 7) is 0. The van der Waals surface area contributed by atoms with Gasteiger partial charge in [-0.25, -0.2) is 0 Å². The molecule has 290 valence electrons. The summed E-state index contributed by atoms with van der Waals surface area (Å²) in [6, 6.07) is 84.2. The predicted molar refractivity (Wildman–Crippen MR) is 256 cm³/mol. The fourth-order valence-corrected chi connectivity index (χ4v) is 9.92. The number of rotatable bonds is 8. The monoisotopic (exact) mass is 780 g/mol. The first kappa shape index (κ1) is 36.4. The minimum atomic E-state index is -0.429. The SMILES string of the molecule is C(=C\c1cccc2c1-c1ccccc1C2(c1ccccc1)c1ccccc1)/c1ccc2c(c1)N(c1ccccc1)c1cc(N(c3ccccc3)c3ccccc3)ccc1CC2. The molecule has 1 aliphatic heterocycles. The van der Waals surface area contributed by atoms with E-state index in [1.165, 1.54) is 61.4 Å². The summed E-state index contributed by atoms with van der Waals surface area (Å²) < 4.78 is 0. The molecule has 0 atom stereocenters. The normalized spacial score (nSPS) is 13.5. The molecule has 0 saturated heterocycles. The van der Waals surface area contributed by atoms with Gasteiger partial charge in [-0.1, -0.05) is 188 Å². The van der Waals surface area contributed by atoms with Crippen molar-refractivity contribution in [3.63, 3.8) is 0 Å². The van der Waals surface area contributed by atoms with Crippen LogP contribution in [0.5, 0.6) is 0 Å². The van der Waals surface area contributed by atoms with Gasteiger partial charge in [0.15, 0.2) is 0 Å². The van der Waals surface area contributed by atoms with Crippen LogP contribution in [0.25, 0.3) is 23.3 Å². The highest BCUT2D eigenvalue weighted by Crippen LogP contribution is 2.57. The number of anilines is 6. The Labute approximate surface area is 359 Å². The van der Waals surface area contributed by atoms with Crippen molar-refractivity contribution in [3.05, 3.63) is 275 Å². The third-order valence-corrected chi connectivity index (χ3v) is 12.6. The Bertz CT molecular complexity index is 2930. The fourth-order valence-electron chi connectivity index (χ4n) is 9.92. The average Bonchev–Trinajstić information content (AvgIpc) is 3.54. The van der Waals surface area contributed by atoms with Crippen LogP contribution < -0.4 is 9.80 Å². The van der Waals surface area contributed by atoms with Gasteiger partial charge in [-0.3, -0.25) is 0 Å².